The number of hydrogen-bond acceptors (Lipinski definition) is 2. The molecular formula is C39H74N2O2. The minimum absolute atomic E-state index is 0.150. The van der Waals surface area contributed by atoms with Gasteiger partial charge in [-0.3, -0.25) is 9.59 Å². The summed E-state index contributed by atoms with van der Waals surface area (Å²) in [5, 5.41) is 6.00. The van der Waals surface area contributed by atoms with Crippen molar-refractivity contribution in [1.29, 1.82) is 0 Å². The Balaban J connectivity index is 3.33. The fraction of sp³-hybridized carbons (Fsp3) is 0.846. The lowest BCUT2D eigenvalue weighted by atomic mass is 10.1. The summed E-state index contributed by atoms with van der Waals surface area (Å²) in [4.78, 5) is 24.1. The smallest absolute Gasteiger partial charge is 0.219 e. The molecule has 4 heteroatoms. The van der Waals surface area contributed by atoms with Gasteiger partial charge in [-0.05, 0) is 70.6 Å². The van der Waals surface area contributed by atoms with Gasteiger partial charge in [0.15, 0.2) is 0 Å². The molecule has 0 aromatic rings. The molecule has 0 fully saturated rings. The predicted octanol–water partition coefficient (Wildman–Crippen LogP) is 11.7. The van der Waals surface area contributed by atoms with Gasteiger partial charge in [-0.2, -0.15) is 0 Å². The van der Waals surface area contributed by atoms with Crippen LogP contribution < -0.4 is 10.6 Å². The summed E-state index contributed by atoms with van der Waals surface area (Å²) < 4.78 is 0. The maximum Gasteiger partial charge on any atom is 0.219 e. The predicted molar refractivity (Wildman–Crippen MR) is 190 cm³/mol. The maximum atomic E-state index is 12.0. The lowest BCUT2D eigenvalue weighted by Crippen LogP contribution is -2.29. The van der Waals surface area contributed by atoms with E-state index in [9.17, 15) is 9.59 Å². The van der Waals surface area contributed by atoms with E-state index in [1.165, 1.54) is 141 Å². The third kappa shape index (κ3) is 36.5. The topological polar surface area (TPSA) is 58.2 Å². The van der Waals surface area contributed by atoms with Gasteiger partial charge in [0.1, 0.15) is 0 Å². The first-order chi connectivity index (χ1) is 21.2. The monoisotopic (exact) mass is 603 g/mol. The van der Waals surface area contributed by atoms with E-state index in [1.807, 2.05) is 0 Å². The Morgan fingerprint density at radius 1 is 0.372 bits per heavy atom. The van der Waals surface area contributed by atoms with Crippen LogP contribution >= 0.6 is 0 Å². The largest absolute Gasteiger partial charge is 0.356 e. The third-order valence-corrected chi connectivity index (χ3v) is 8.33. The van der Waals surface area contributed by atoms with E-state index in [1.54, 1.807) is 0 Å². The molecular weight excluding hydrogens is 528 g/mol. The average molecular weight is 603 g/mol. The summed E-state index contributed by atoms with van der Waals surface area (Å²) in [5.74, 6) is 0.300. The Labute approximate surface area is 269 Å². The molecule has 43 heavy (non-hydrogen) atoms. The van der Waals surface area contributed by atoms with Crippen LogP contribution in [-0.2, 0) is 9.59 Å². The van der Waals surface area contributed by atoms with Gasteiger partial charge >= 0.3 is 0 Å². The number of rotatable bonds is 34. The molecule has 0 saturated carbocycles. The SMILES string of the molecule is CCCCCCCC/C=C\CCCCCCCC(=O)NCCCNC(=O)CCCCCCC/C=C/CCCCCCCC. The first-order valence-electron chi connectivity index (χ1n) is 19.0. The zero-order valence-corrected chi connectivity index (χ0v) is 29.0. The van der Waals surface area contributed by atoms with Gasteiger partial charge in [-0.1, -0.05) is 141 Å². The second-order valence-corrected chi connectivity index (χ2v) is 12.7. The minimum atomic E-state index is 0.150. The van der Waals surface area contributed by atoms with Gasteiger partial charge in [0.05, 0.1) is 0 Å². The highest BCUT2D eigenvalue weighted by molar-refractivity contribution is 5.76. The second kappa shape index (κ2) is 36.6. The van der Waals surface area contributed by atoms with Gasteiger partial charge < -0.3 is 10.6 Å². The zero-order valence-electron chi connectivity index (χ0n) is 29.0. The summed E-state index contributed by atoms with van der Waals surface area (Å²) >= 11 is 0. The molecule has 0 bridgehead atoms. The Morgan fingerprint density at radius 3 is 0.977 bits per heavy atom. The first kappa shape index (κ1) is 41.4. The van der Waals surface area contributed by atoms with Crippen LogP contribution in [0.1, 0.15) is 200 Å². The van der Waals surface area contributed by atoms with Crippen molar-refractivity contribution in [1.82, 2.24) is 10.6 Å². The molecule has 0 rings (SSSR count). The molecule has 0 aromatic carbocycles. The van der Waals surface area contributed by atoms with Crippen LogP contribution in [-0.4, -0.2) is 24.9 Å². The Hall–Kier alpha value is -1.58. The molecule has 4 nitrogen and oxygen atoms in total. The van der Waals surface area contributed by atoms with Gasteiger partial charge in [0.25, 0.3) is 0 Å². The van der Waals surface area contributed by atoms with Crippen molar-refractivity contribution in [2.75, 3.05) is 13.1 Å². The molecule has 0 atom stereocenters. The number of unbranched alkanes of at least 4 members (excludes halogenated alkanes) is 22. The van der Waals surface area contributed by atoms with Crippen LogP contribution in [0.25, 0.3) is 0 Å². The number of nitrogens with one attached hydrogen (secondary N) is 2. The van der Waals surface area contributed by atoms with Crippen LogP contribution in [0.5, 0.6) is 0 Å². The van der Waals surface area contributed by atoms with Crippen LogP contribution in [0.4, 0.5) is 0 Å². The molecule has 0 saturated heterocycles. The fourth-order valence-corrected chi connectivity index (χ4v) is 5.43. The highest BCUT2D eigenvalue weighted by Crippen LogP contribution is 2.11. The number of carbonyl (C=O) groups excluding carboxylic acids is 2. The molecule has 0 heterocycles. The van der Waals surface area contributed by atoms with Crippen molar-refractivity contribution in [3.63, 3.8) is 0 Å². The first-order valence-corrected chi connectivity index (χ1v) is 19.0. The highest BCUT2D eigenvalue weighted by atomic mass is 16.2. The lowest BCUT2D eigenvalue weighted by molar-refractivity contribution is -0.121. The number of amides is 2. The Bertz CT molecular complexity index is 589. The van der Waals surface area contributed by atoms with E-state index >= 15 is 0 Å². The molecule has 2 amide bonds. The van der Waals surface area contributed by atoms with Crippen molar-refractivity contribution < 1.29 is 9.59 Å². The van der Waals surface area contributed by atoms with Gasteiger partial charge in [-0.15, -0.1) is 0 Å². The molecule has 0 aromatic heterocycles. The molecule has 2 N–H and O–H groups in total. The van der Waals surface area contributed by atoms with Gasteiger partial charge in [0, 0.05) is 25.9 Å². The van der Waals surface area contributed by atoms with Crippen molar-refractivity contribution in [3.05, 3.63) is 24.3 Å². The van der Waals surface area contributed by atoms with E-state index < -0.39 is 0 Å². The van der Waals surface area contributed by atoms with Crippen molar-refractivity contribution in [3.8, 4) is 0 Å². The van der Waals surface area contributed by atoms with Crippen molar-refractivity contribution >= 4 is 11.8 Å². The van der Waals surface area contributed by atoms with E-state index in [2.05, 4.69) is 48.8 Å². The second-order valence-electron chi connectivity index (χ2n) is 12.7. The molecule has 0 spiro atoms. The van der Waals surface area contributed by atoms with Crippen LogP contribution in [0.15, 0.2) is 24.3 Å². The lowest BCUT2D eigenvalue weighted by Gasteiger charge is -2.07. The molecule has 0 radical (unpaired) electrons. The molecule has 252 valence electrons. The van der Waals surface area contributed by atoms with E-state index in [0.29, 0.717) is 25.9 Å². The highest BCUT2D eigenvalue weighted by Gasteiger charge is 2.03. The number of allylic oxidation sites excluding steroid dienone is 4. The number of hydrogen-bond donors (Lipinski definition) is 2. The average Bonchev–Trinajstić information content (AvgIpc) is 3.00. The van der Waals surface area contributed by atoms with Crippen molar-refractivity contribution in [2.24, 2.45) is 0 Å². The number of carbonyl (C=O) groups is 2. The van der Waals surface area contributed by atoms with Gasteiger partial charge in [-0.25, -0.2) is 0 Å². The molecule has 0 aliphatic rings. The van der Waals surface area contributed by atoms with Crippen LogP contribution in [0.2, 0.25) is 0 Å². The van der Waals surface area contributed by atoms with E-state index in [-0.39, 0.29) is 11.8 Å². The van der Waals surface area contributed by atoms with Gasteiger partial charge in [0.2, 0.25) is 11.8 Å². The normalized spacial score (nSPS) is 11.6. The summed E-state index contributed by atoms with van der Waals surface area (Å²) in [6.45, 7) is 5.84. The van der Waals surface area contributed by atoms with Crippen LogP contribution in [0.3, 0.4) is 0 Å². The summed E-state index contributed by atoms with van der Waals surface area (Å²) in [5.41, 5.74) is 0. The quantitative estimate of drug-likeness (QED) is 0.0568. The summed E-state index contributed by atoms with van der Waals surface area (Å²) in [6, 6.07) is 0. The van der Waals surface area contributed by atoms with E-state index in [4.69, 9.17) is 0 Å². The zero-order chi connectivity index (χ0) is 31.3. The standard InChI is InChI=1S/C39H74N2O2/c1-3-5-7-9-11-13-15-17-19-21-23-25-27-29-31-34-38(42)40-36-33-37-41-39(43)35-32-30-28-26-24-22-20-18-16-14-12-10-8-6-4-2/h17-20H,3-16,21-37H2,1-2H3,(H,40,42)(H,41,43)/b19-17-,20-18+. The van der Waals surface area contributed by atoms with Crippen LogP contribution in [0, 0.1) is 0 Å². The molecule has 0 aliphatic carbocycles. The van der Waals surface area contributed by atoms with Crippen molar-refractivity contribution in [2.45, 2.75) is 200 Å². The van der Waals surface area contributed by atoms with E-state index in [0.717, 1.165) is 32.1 Å². The Morgan fingerprint density at radius 2 is 0.651 bits per heavy atom. The summed E-state index contributed by atoms with van der Waals surface area (Å²) in [6.07, 6.45) is 44.6. The molecule has 0 unspecified atom stereocenters. The third-order valence-electron chi connectivity index (χ3n) is 8.33. The fourth-order valence-electron chi connectivity index (χ4n) is 5.43. The summed E-state index contributed by atoms with van der Waals surface area (Å²) in [7, 11) is 0. The minimum Gasteiger partial charge on any atom is -0.356 e. The molecule has 0 aliphatic heterocycles. The Kier molecular flexibility index (Phi) is 35.3. The maximum absolute atomic E-state index is 12.0.